The highest BCUT2D eigenvalue weighted by Crippen LogP contribution is 2.37. The van der Waals surface area contributed by atoms with Gasteiger partial charge in [-0.2, -0.15) is 0 Å². The van der Waals surface area contributed by atoms with Gasteiger partial charge in [-0.1, -0.05) is 81.4 Å². The normalized spacial score (nSPS) is 17.4. The fourth-order valence-electron chi connectivity index (χ4n) is 6.65. The Morgan fingerprint density at radius 1 is 0.900 bits per heavy atom. The summed E-state index contributed by atoms with van der Waals surface area (Å²) in [6.07, 6.45) is -0.611. The second-order valence-corrected chi connectivity index (χ2v) is 19.6. The third-order valence-corrected chi connectivity index (χ3v) is 14.0. The first kappa shape index (κ1) is 37.1. The molecule has 4 aromatic rings. The highest BCUT2D eigenvalue weighted by molar-refractivity contribution is 6.99. The summed E-state index contributed by atoms with van der Waals surface area (Å²) in [6.45, 7) is 15.4. The van der Waals surface area contributed by atoms with Crippen molar-refractivity contribution < 1.29 is 32.3 Å². The van der Waals surface area contributed by atoms with Gasteiger partial charge in [0.15, 0.2) is 6.10 Å². The Bertz CT molecular complexity index is 1790. The van der Waals surface area contributed by atoms with Gasteiger partial charge in [0.1, 0.15) is 17.2 Å². The molecule has 3 aromatic carbocycles. The van der Waals surface area contributed by atoms with Gasteiger partial charge in [-0.3, -0.25) is 14.7 Å². The lowest BCUT2D eigenvalue weighted by molar-refractivity contribution is -0.144. The van der Waals surface area contributed by atoms with Crippen LogP contribution in [0, 0.1) is 11.6 Å². The van der Waals surface area contributed by atoms with E-state index in [1.807, 2.05) is 36.4 Å². The number of carbonyl (C=O) groups excluding carboxylic acids is 2. The molecule has 0 bridgehead atoms. The highest BCUT2D eigenvalue weighted by atomic mass is 28.4. The van der Waals surface area contributed by atoms with Crippen molar-refractivity contribution in [2.75, 3.05) is 19.8 Å². The maximum Gasteiger partial charge on any atom is 0.410 e. The number of hydrogen-bond donors (Lipinski definition) is 1. The lowest BCUT2D eigenvalue weighted by Crippen LogP contribution is -2.68. The van der Waals surface area contributed by atoms with Gasteiger partial charge in [-0.15, -0.1) is 0 Å². The monoisotopic (exact) mass is 703 g/mol. The summed E-state index contributed by atoms with van der Waals surface area (Å²) in [6, 6.07) is 23.6. The number of nitrogens with zero attached hydrogens (tertiary/aromatic N) is 2. The first-order chi connectivity index (χ1) is 23.4. The minimum atomic E-state index is -2.95. The zero-order valence-electron chi connectivity index (χ0n) is 30.1. The summed E-state index contributed by atoms with van der Waals surface area (Å²) in [4.78, 5) is 33.4. The molecule has 0 spiro atoms. The Morgan fingerprint density at radius 3 is 2.06 bits per heavy atom. The van der Waals surface area contributed by atoms with E-state index >= 15 is 0 Å². The molecule has 0 saturated carbocycles. The number of pyridine rings is 1. The molecule has 0 aliphatic carbocycles. The number of benzene rings is 3. The first-order valence-corrected chi connectivity index (χ1v) is 18.8. The number of hydrogen-bond acceptors (Lipinski definition) is 6. The maximum absolute atomic E-state index is 14.6. The van der Waals surface area contributed by atoms with Gasteiger partial charge in [-0.25, -0.2) is 13.6 Å². The van der Waals surface area contributed by atoms with Crippen LogP contribution in [0.5, 0.6) is 0 Å². The van der Waals surface area contributed by atoms with Crippen molar-refractivity contribution in [2.45, 2.75) is 83.7 Å². The second-order valence-electron chi connectivity index (χ2n) is 15.3. The molecule has 0 radical (unpaired) electrons. The van der Waals surface area contributed by atoms with Gasteiger partial charge in [0, 0.05) is 10.8 Å². The Balaban J connectivity index is 1.42. The van der Waals surface area contributed by atoms with E-state index in [0.29, 0.717) is 11.1 Å². The maximum atomic E-state index is 14.6. The molecular formula is C39H47F2N3O5Si. The highest BCUT2D eigenvalue weighted by Gasteiger charge is 2.51. The molecule has 1 N–H and O–H groups in total. The molecule has 1 aromatic heterocycles. The number of carbonyl (C=O) groups is 2. The third kappa shape index (κ3) is 7.74. The van der Waals surface area contributed by atoms with Crippen LogP contribution in [0.1, 0.15) is 61.1 Å². The van der Waals surface area contributed by atoms with Crippen LogP contribution >= 0.6 is 0 Å². The summed E-state index contributed by atoms with van der Waals surface area (Å²) in [5.41, 5.74) is -1.53. The minimum Gasteiger partial charge on any atom is -0.444 e. The van der Waals surface area contributed by atoms with Crippen LogP contribution in [0.25, 0.3) is 10.8 Å². The van der Waals surface area contributed by atoms with E-state index in [9.17, 15) is 18.4 Å². The van der Waals surface area contributed by atoms with Crippen molar-refractivity contribution in [2.24, 2.45) is 0 Å². The third-order valence-electron chi connectivity index (χ3n) is 8.95. The van der Waals surface area contributed by atoms with Gasteiger partial charge < -0.3 is 19.2 Å². The van der Waals surface area contributed by atoms with Crippen LogP contribution in [0.4, 0.5) is 13.6 Å². The Morgan fingerprint density at radius 2 is 1.50 bits per heavy atom. The van der Waals surface area contributed by atoms with Crippen molar-refractivity contribution >= 4 is 41.5 Å². The van der Waals surface area contributed by atoms with E-state index < -0.39 is 55.2 Å². The number of aromatic nitrogens is 1. The molecule has 1 fully saturated rings. The van der Waals surface area contributed by atoms with Crippen molar-refractivity contribution in [3.8, 4) is 0 Å². The Hall–Kier alpha value is -4.19. The van der Waals surface area contributed by atoms with Gasteiger partial charge in [0.2, 0.25) is 0 Å². The predicted molar refractivity (Wildman–Crippen MR) is 193 cm³/mol. The van der Waals surface area contributed by atoms with Crippen molar-refractivity contribution in [3.63, 3.8) is 0 Å². The SMILES string of the molecule is CC(C)(C)OC(=O)N1C[C@@H](C(=O)NC(C)(C)c2ncc(F)c3cc(F)ccc23)OC[C@H]1CO[Si](c1ccccc1)(c1ccccc1)C(C)(C)C. The van der Waals surface area contributed by atoms with Crippen LogP contribution in [0.3, 0.4) is 0 Å². The molecule has 11 heteroatoms. The number of amides is 2. The zero-order chi connectivity index (χ0) is 36.5. The quantitative estimate of drug-likeness (QED) is 0.213. The molecule has 0 unspecified atom stereocenters. The van der Waals surface area contributed by atoms with Crippen molar-refractivity contribution in [3.05, 3.63) is 102 Å². The molecule has 5 rings (SSSR count). The van der Waals surface area contributed by atoms with E-state index in [2.05, 4.69) is 55.3 Å². The number of ether oxygens (including phenoxy) is 2. The van der Waals surface area contributed by atoms with Gasteiger partial charge in [0.25, 0.3) is 14.2 Å². The fraction of sp³-hybridized carbons (Fsp3) is 0.410. The van der Waals surface area contributed by atoms with Crippen LogP contribution in [0.2, 0.25) is 5.04 Å². The Labute approximate surface area is 294 Å². The fourth-order valence-corrected chi connectivity index (χ4v) is 11.2. The van der Waals surface area contributed by atoms with Crippen LogP contribution in [-0.4, -0.2) is 67.7 Å². The standard InChI is InChI=1S/C39H47F2N3O5Si/c1-37(2,3)49-36(46)44-23-33(35(45)43-39(7,8)34-30-20-19-26(40)21-31(30)32(41)22-42-34)47-24-27(44)25-48-50(38(4,5)6,28-15-11-9-12-16-28)29-17-13-10-14-18-29/h9-22,27,33H,23-25H2,1-8H3,(H,43,45)/t27-,33-/m0/s1. The molecule has 1 aliphatic rings. The molecule has 8 nitrogen and oxygen atoms in total. The largest absolute Gasteiger partial charge is 0.444 e. The van der Waals surface area contributed by atoms with E-state index in [-0.39, 0.29) is 30.2 Å². The van der Waals surface area contributed by atoms with Gasteiger partial charge in [0.05, 0.1) is 43.2 Å². The lowest BCUT2D eigenvalue weighted by Gasteiger charge is -2.46. The van der Waals surface area contributed by atoms with E-state index in [4.69, 9.17) is 13.9 Å². The van der Waals surface area contributed by atoms with Crippen molar-refractivity contribution in [1.29, 1.82) is 0 Å². The molecule has 266 valence electrons. The van der Waals surface area contributed by atoms with E-state index in [1.165, 1.54) is 17.0 Å². The number of morpholine rings is 1. The first-order valence-electron chi connectivity index (χ1n) is 16.9. The number of rotatable bonds is 8. The van der Waals surface area contributed by atoms with Gasteiger partial charge in [-0.05, 0) is 68.2 Å². The summed E-state index contributed by atoms with van der Waals surface area (Å²) in [5, 5.41) is 5.31. The van der Waals surface area contributed by atoms with Crippen LogP contribution < -0.4 is 15.7 Å². The molecule has 1 saturated heterocycles. The van der Waals surface area contributed by atoms with Crippen LogP contribution in [-0.2, 0) is 24.2 Å². The lowest BCUT2D eigenvalue weighted by atomic mass is 9.94. The molecule has 50 heavy (non-hydrogen) atoms. The Kier molecular flexibility index (Phi) is 10.5. The average molecular weight is 704 g/mol. The number of fused-ring (bicyclic) bond motifs is 1. The molecule has 2 amide bonds. The summed E-state index contributed by atoms with van der Waals surface area (Å²) in [7, 11) is -2.95. The van der Waals surface area contributed by atoms with E-state index in [0.717, 1.165) is 22.6 Å². The smallest absolute Gasteiger partial charge is 0.410 e. The summed E-state index contributed by atoms with van der Waals surface area (Å²) < 4.78 is 47.7. The predicted octanol–water partition coefficient (Wildman–Crippen LogP) is 6.45. The molecule has 2 atom stereocenters. The average Bonchev–Trinajstić information content (AvgIpc) is 3.04. The molecular weight excluding hydrogens is 657 g/mol. The van der Waals surface area contributed by atoms with Crippen molar-refractivity contribution in [1.82, 2.24) is 15.2 Å². The summed E-state index contributed by atoms with van der Waals surface area (Å²) in [5.74, 6) is -1.74. The van der Waals surface area contributed by atoms with Gasteiger partial charge >= 0.3 is 6.09 Å². The molecule has 1 aliphatic heterocycles. The van der Waals surface area contributed by atoms with Crippen LogP contribution in [0.15, 0.2) is 85.1 Å². The number of halogens is 2. The van der Waals surface area contributed by atoms with E-state index in [1.54, 1.807) is 34.6 Å². The second kappa shape index (κ2) is 14.2. The topological polar surface area (TPSA) is 90.0 Å². The summed E-state index contributed by atoms with van der Waals surface area (Å²) >= 11 is 0. The number of nitrogens with one attached hydrogen (secondary N) is 1. The zero-order valence-corrected chi connectivity index (χ0v) is 31.1. The molecule has 2 heterocycles. The minimum absolute atomic E-state index is 0.0208.